The molecule has 1 aliphatic heterocycles. The van der Waals surface area contributed by atoms with Crippen LogP contribution < -0.4 is 5.73 Å². The molecule has 42 valence electrons. The first-order valence-corrected chi connectivity index (χ1v) is 2.64. The topological polar surface area (TPSA) is 35.2 Å². The van der Waals surface area contributed by atoms with Crippen molar-refractivity contribution in [1.29, 1.82) is 0 Å². The Morgan fingerprint density at radius 3 is 2.57 bits per heavy atom. The highest BCUT2D eigenvalue weighted by atomic mass is 16.5. The summed E-state index contributed by atoms with van der Waals surface area (Å²) in [5.74, 6) is 0. The smallest absolute Gasteiger partial charge is 0.114 e. The highest BCUT2D eigenvalue weighted by Gasteiger charge is 2.23. The van der Waals surface area contributed by atoms with Gasteiger partial charge in [0.05, 0.1) is 0 Å². The Balaban J connectivity index is 2.40. The Morgan fingerprint density at radius 1 is 1.71 bits per heavy atom. The minimum absolute atomic E-state index is 0.306. The molecular weight excluding hydrogens is 90.1 g/mol. The highest BCUT2D eigenvalue weighted by molar-refractivity contribution is 4.71. The van der Waals surface area contributed by atoms with E-state index in [9.17, 15) is 0 Å². The Morgan fingerprint density at radius 2 is 2.43 bits per heavy atom. The second kappa shape index (κ2) is 1.46. The second-order valence-corrected chi connectivity index (χ2v) is 2.26. The molecule has 1 fully saturated rings. The largest absolute Gasteiger partial charge is 0.361 e. The SMILES string of the molecule is C[C@@]1(N)CCCO1. The van der Waals surface area contributed by atoms with Crippen LogP contribution in [0.1, 0.15) is 19.8 Å². The first-order valence-electron chi connectivity index (χ1n) is 2.64. The lowest BCUT2D eigenvalue weighted by atomic mass is 10.2. The third-order valence-electron chi connectivity index (χ3n) is 1.25. The van der Waals surface area contributed by atoms with Gasteiger partial charge in [0.1, 0.15) is 5.72 Å². The van der Waals surface area contributed by atoms with Gasteiger partial charge in [0, 0.05) is 6.61 Å². The lowest BCUT2D eigenvalue weighted by Crippen LogP contribution is -2.34. The van der Waals surface area contributed by atoms with Crippen molar-refractivity contribution in [1.82, 2.24) is 0 Å². The summed E-state index contributed by atoms with van der Waals surface area (Å²) < 4.78 is 5.12. The molecule has 2 nitrogen and oxygen atoms in total. The summed E-state index contributed by atoms with van der Waals surface area (Å²) in [6, 6.07) is 0. The van der Waals surface area contributed by atoms with Crippen molar-refractivity contribution in [2.75, 3.05) is 6.61 Å². The van der Waals surface area contributed by atoms with Crippen LogP contribution in [0.4, 0.5) is 0 Å². The van der Waals surface area contributed by atoms with E-state index in [1.165, 1.54) is 0 Å². The number of nitrogens with two attached hydrogens (primary N) is 1. The lowest BCUT2D eigenvalue weighted by Gasteiger charge is -2.14. The molecule has 0 radical (unpaired) electrons. The van der Waals surface area contributed by atoms with Crippen LogP contribution in [0, 0.1) is 0 Å². The number of ether oxygens (including phenoxy) is 1. The zero-order valence-electron chi connectivity index (χ0n) is 4.61. The maximum atomic E-state index is 5.56. The molecular formula is C5H11NO. The summed E-state index contributed by atoms with van der Waals surface area (Å²) in [4.78, 5) is 0. The van der Waals surface area contributed by atoms with E-state index in [2.05, 4.69) is 0 Å². The van der Waals surface area contributed by atoms with Crippen LogP contribution in [0.3, 0.4) is 0 Å². The van der Waals surface area contributed by atoms with Crippen LogP contribution in [0.15, 0.2) is 0 Å². The average Bonchev–Trinajstić information content (AvgIpc) is 1.84. The quantitative estimate of drug-likeness (QED) is 0.481. The van der Waals surface area contributed by atoms with Gasteiger partial charge in [-0.15, -0.1) is 0 Å². The minimum atomic E-state index is -0.306. The Labute approximate surface area is 43.6 Å². The molecule has 2 N–H and O–H groups in total. The molecule has 1 atom stereocenters. The fourth-order valence-electron chi connectivity index (χ4n) is 0.801. The normalized spacial score (nSPS) is 42.0. The van der Waals surface area contributed by atoms with Gasteiger partial charge < -0.3 is 10.5 Å². The van der Waals surface area contributed by atoms with Crippen molar-refractivity contribution in [3.05, 3.63) is 0 Å². The summed E-state index contributed by atoms with van der Waals surface area (Å²) in [6.45, 7) is 2.76. The molecule has 0 amide bonds. The second-order valence-electron chi connectivity index (χ2n) is 2.26. The van der Waals surface area contributed by atoms with Gasteiger partial charge in [0.15, 0.2) is 0 Å². The van der Waals surface area contributed by atoms with Gasteiger partial charge in [-0.2, -0.15) is 0 Å². The Hall–Kier alpha value is -0.0800. The summed E-state index contributed by atoms with van der Waals surface area (Å²) >= 11 is 0. The molecule has 2 heteroatoms. The molecule has 0 bridgehead atoms. The van der Waals surface area contributed by atoms with Crippen LogP contribution in [0.2, 0.25) is 0 Å². The van der Waals surface area contributed by atoms with Crippen molar-refractivity contribution in [2.45, 2.75) is 25.5 Å². The molecule has 0 saturated carbocycles. The van der Waals surface area contributed by atoms with Crippen molar-refractivity contribution < 1.29 is 4.74 Å². The maximum absolute atomic E-state index is 5.56. The molecule has 0 aromatic carbocycles. The molecule has 0 spiro atoms. The molecule has 1 saturated heterocycles. The third-order valence-corrected chi connectivity index (χ3v) is 1.25. The predicted octanol–water partition coefficient (Wildman–Crippen LogP) is 0.472. The van der Waals surface area contributed by atoms with Gasteiger partial charge in [-0.3, -0.25) is 0 Å². The predicted molar refractivity (Wildman–Crippen MR) is 27.8 cm³/mol. The molecule has 1 rings (SSSR count). The number of rotatable bonds is 0. The summed E-state index contributed by atoms with van der Waals surface area (Å²) in [5.41, 5.74) is 5.25. The summed E-state index contributed by atoms with van der Waals surface area (Å²) in [7, 11) is 0. The first kappa shape index (κ1) is 5.06. The summed E-state index contributed by atoms with van der Waals surface area (Å²) in [6.07, 6.45) is 2.12. The van der Waals surface area contributed by atoms with E-state index < -0.39 is 0 Å². The first-order chi connectivity index (χ1) is 3.21. The molecule has 1 heterocycles. The van der Waals surface area contributed by atoms with Crippen LogP contribution in [-0.4, -0.2) is 12.3 Å². The Bertz CT molecular complexity index is 62.5. The molecule has 0 unspecified atom stereocenters. The molecule has 1 aliphatic rings. The van der Waals surface area contributed by atoms with E-state index in [1.807, 2.05) is 6.92 Å². The molecule has 0 aromatic heterocycles. The Kier molecular flexibility index (Phi) is 1.05. The van der Waals surface area contributed by atoms with E-state index in [4.69, 9.17) is 10.5 Å². The van der Waals surface area contributed by atoms with Gasteiger partial charge in [-0.05, 0) is 19.8 Å². The van der Waals surface area contributed by atoms with E-state index in [0.29, 0.717) is 0 Å². The third kappa shape index (κ3) is 1.14. The number of hydrogen-bond acceptors (Lipinski definition) is 2. The maximum Gasteiger partial charge on any atom is 0.114 e. The van der Waals surface area contributed by atoms with Crippen molar-refractivity contribution in [3.8, 4) is 0 Å². The monoisotopic (exact) mass is 101 g/mol. The van der Waals surface area contributed by atoms with Gasteiger partial charge in [-0.1, -0.05) is 0 Å². The van der Waals surface area contributed by atoms with Crippen LogP contribution in [0.5, 0.6) is 0 Å². The minimum Gasteiger partial charge on any atom is -0.361 e. The van der Waals surface area contributed by atoms with Gasteiger partial charge in [0.2, 0.25) is 0 Å². The van der Waals surface area contributed by atoms with Crippen molar-refractivity contribution in [3.63, 3.8) is 0 Å². The lowest BCUT2D eigenvalue weighted by molar-refractivity contribution is 0.0260. The number of hydrogen-bond donors (Lipinski definition) is 1. The van der Waals surface area contributed by atoms with Gasteiger partial charge >= 0.3 is 0 Å². The fourth-order valence-corrected chi connectivity index (χ4v) is 0.801. The summed E-state index contributed by atoms with van der Waals surface area (Å²) in [5, 5.41) is 0. The molecule has 0 aliphatic carbocycles. The van der Waals surface area contributed by atoms with Crippen LogP contribution in [-0.2, 0) is 4.74 Å². The van der Waals surface area contributed by atoms with E-state index in [1.54, 1.807) is 0 Å². The van der Waals surface area contributed by atoms with E-state index >= 15 is 0 Å². The van der Waals surface area contributed by atoms with Crippen molar-refractivity contribution >= 4 is 0 Å². The van der Waals surface area contributed by atoms with Gasteiger partial charge in [-0.25, -0.2) is 0 Å². The van der Waals surface area contributed by atoms with Crippen molar-refractivity contribution in [2.24, 2.45) is 5.73 Å². The highest BCUT2D eigenvalue weighted by Crippen LogP contribution is 2.17. The van der Waals surface area contributed by atoms with Crippen LogP contribution >= 0.6 is 0 Å². The van der Waals surface area contributed by atoms with Gasteiger partial charge in [0.25, 0.3) is 0 Å². The van der Waals surface area contributed by atoms with E-state index in [-0.39, 0.29) is 5.72 Å². The molecule has 0 aromatic rings. The molecule has 7 heavy (non-hydrogen) atoms. The van der Waals surface area contributed by atoms with E-state index in [0.717, 1.165) is 19.4 Å². The zero-order chi connectivity index (χ0) is 5.33. The zero-order valence-corrected chi connectivity index (χ0v) is 4.61. The standard InChI is InChI=1S/C5H11NO/c1-5(6)3-2-4-7-5/h2-4,6H2,1H3/t5-/m0/s1. The fraction of sp³-hybridized carbons (Fsp3) is 1.00. The van der Waals surface area contributed by atoms with Crippen LogP contribution in [0.25, 0.3) is 0 Å². The average molecular weight is 101 g/mol.